The normalized spacial score (nSPS) is 10.7. The van der Waals surface area contributed by atoms with Crippen LogP contribution in [0.15, 0.2) is 30.3 Å². The largest absolute Gasteiger partial charge is 0.360 e. The van der Waals surface area contributed by atoms with Gasteiger partial charge in [0, 0.05) is 5.56 Å². The van der Waals surface area contributed by atoms with E-state index < -0.39 is 22.0 Å². The quantitative estimate of drug-likeness (QED) is 0.424. The molecule has 1 amide bonds. The Labute approximate surface area is 85.8 Å². The zero-order valence-corrected chi connectivity index (χ0v) is 8.19. The van der Waals surface area contributed by atoms with Gasteiger partial charge in [-0.05, 0) is 0 Å². The van der Waals surface area contributed by atoms with Crippen LogP contribution in [0.3, 0.4) is 0 Å². The van der Waals surface area contributed by atoms with Crippen LogP contribution in [0.5, 0.6) is 0 Å². The van der Waals surface area contributed by atoms with E-state index in [1.54, 1.807) is 6.07 Å². The topological polar surface area (TPSA) is 101 Å². The van der Waals surface area contributed by atoms with E-state index >= 15 is 0 Å². The first-order chi connectivity index (χ1) is 6.90. The fraction of sp³-hybridized carbons (Fsp3) is 0. The molecule has 0 heterocycles. The predicted molar refractivity (Wildman–Crippen MR) is 50.5 cm³/mol. The van der Waals surface area contributed by atoms with E-state index in [4.69, 9.17) is 4.55 Å². The van der Waals surface area contributed by atoms with E-state index in [1.165, 1.54) is 24.3 Å². The SMILES string of the molecule is O=C(NS(=O)(=O)O)C(=O)c1ccccc1. The summed E-state index contributed by atoms with van der Waals surface area (Å²) < 4.78 is 29.9. The van der Waals surface area contributed by atoms with E-state index in [1.807, 2.05) is 0 Å². The van der Waals surface area contributed by atoms with Crippen molar-refractivity contribution >= 4 is 22.0 Å². The third-order valence-electron chi connectivity index (χ3n) is 1.46. The van der Waals surface area contributed by atoms with Gasteiger partial charge in [0.1, 0.15) is 0 Å². The van der Waals surface area contributed by atoms with E-state index in [-0.39, 0.29) is 5.56 Å². The van der Waals surface area contributed by atoms with Crippen LogP contribution in [0.1, 0.15) is 10.4 Å². The van der Waals surface area contributed by atoms with Gasteiger partial charge in [0.25, 0.3) is 5.78 Å². The smallest absolute Gasteiger partial charge is 0.283 e. The molecule has 1 aromatic carbocycles. The van der Waals surface area contributed by atoms with Gasteiger partial charge in [0.05, 0.1) is 0 Å². The molecule has 2 N–H and O–H groups in total. The summed E-state index contributed by atoms with van der Waals surface area (Å²) in [6.45, 7) is 0. The maximum atomic E-state index is 11.2. The molecule has 0 aliphatic rings. The molecular formula is C8H7NO5S. The number of Topliss-reactive ketones (excluding diaryl/α,β-unsaturated/α-hetero) is 1. The maximum Gasteiger partial charge on any atom is 0.360 e. The number of nitrogens with one attached hydrogen (secondary N) is 1. The summed E-state index contributed by atoms with van der Waals surface area (Å²) >= 11 is 0. The van der Waals surface area contributed by atoms with Gasteiger partial charge in [-0.3, -0.25) is 14.1 Å². The van der Waals surface area contributed by atoms with Crippen molar-refractivity contribution in [2.75, 3.05) is 0 Å². The Bertz CT molecular complexity index is 479. The predicted octanol–water partition coefficient (Wildman–Crippen LogP) is -0.212. The molecule has 0 radical (unpaired) electrons. The lowest BCUT2D eigenvalue weighted by atomic mass is 10.1. The molecule has 0 bridgehead atoms. The molecule has 0 fully saturated rings. The summed E-state index contributed by atoms with van der Waals surface area (Å²) in [5.41, 5.74) is 0.0404. The Hall–Kier alpha value is -1.73. The van der Waals surface area contributed by atoms with Crippen molar-refractivity contribution in [1.82, 2.24) is 4.72 Å². The first-order valence-corrected chi connectivity index (χ1v) is 5.23. The molecule has 0 atom stereocenters. The van der Waals surface area contributed by atoms with Gasteiger partial charge < -0.3 is 0 Å². The van der Waals surface area contributed by atoms with Crippen molar-refractivity contribution in [3.05, 3.63) is 35.9 Å². The Balaban J connectivity index is 2.84. The third kappa shape index (κ3) is 3.49. The second-order valence-electron chi connectivity index (χ2n) is 2.60. The van der Waals surface area contributed by atoms with Crippen molar-refractivity contribution < 1.29 is 22.6 Å². The van der Waals surface area contributed by atoms with Crippen LogP contribution in [0.25, 0.3) is 0 Å². The number of carbonyl (C=O) groups is 2. The highest BCUT2D eigenvalue weighted by atomic mass is 32.2. The molecule has 7 heteroatoms. The molecule has 0 spiro atoms. The minimum Gasteiger partial charge on any atom is -0.283 e. The van der Waals surface area contributed by atoms with Crippen LogP contribution in [0, 0.1) is 0 Å². The van der Waals surface area contributed by atoms with Crippen LogP contribution >= 0.6 is 0 Å². The van der Waals surface area contributed by atoms with Crippen molar-refractivity contribution in [2.45, 2.75) is 0 Å². The fourth-order valence-electron chi connectivity index (χ4n) is 0.884. The molecule has 15 heavy (non-hydrogen) atoms. The van der Waals surface area contributed by atoms with Gasteiger partial charge in [0.2, 0.25) is 0 Å². The minimum absolute atomic E-state index is 0.0404. The van der Waals surface area contributed by atoms with Crippen molar-refractivity contribution in [2.24, 2.45) is 0 Å². The average Bonchev–Trinajstić information content (AvgIpc) is 2.15. The molecule has 6 nitrogen and oxygen atoms in total. The van der Waals surface area contributed by atoms with E-state index in [0.29, 0.717) is 0 Å². The molecule has 0 unspecified atom stereocenters. The van der Waals surface area contributed by atoms with Gasteiger partial charge in [0.15, 0.2) is 0 Å². The van der Waals surface area contributed by atoms with Crippen molar-refractivity contribution in [1.29, 1.82) is 0 Å². The summed E-state index contributed by atoms with van der Waals surface area (Å²) in [7, 11) is -4.70. The second-order valence-corrected chi connectivity index (χ2v) is 3.76. The summed E-state index contributed by atoms with van der Waals surface area (Å²) in [5, 5.41) is 0. The highest BCUT2D eigenvalue weighted by molar-refractivity contribution is 7.84. The molecule has 0 aromatic heterocycles. The fourth-order valence-corrected chi connectivity index (χ4v) is 1.21. The Morgan fingerprint density at radius 3 is 2.13 bits per heavy atom. The van der Waals surface area contributed by atoms with E-state index in [2.05, 4.69) is 0 Å². The van der Waals surface area contributed by atoms with Crippen LogP contribution < -0.4 is 4.72 Å². The highest BCUT2D eigenvalue weighted by Gasteiger charge is 2.19. The monoisotopic (exact) mass is 229 g/mol. The summed E-state index contributed by atoms with van der Waals surface area (Å²) in [6.07, 6.45) is 0. The minimum atomic E-state index is -4.70. The Morgan fingerprint density at radius 2 is 1.67 bits per heavy atom. The highest BCUT2D eigenvalue weighted by Crippen LogP contribution is 1.99. The van der Waals surface area contributed by atoms with Crippen LogP contribution in [0.4, 0.5) is 0 Å². The number of hydrogen-bond donors (Lipinski definition) is 2. The molecule has 0 aliphatic carbocycles. The van der Waals surface area contributed by atoms with E-state index in [0.717, 1.165) is 4.72 Å². The average molecular weight is 229 g/mol. The van der Waals surface area contributed by atoms with Crippen LogP contribution in [0.2, 0.25) is 0 Å². The molecular weight excluding hydrogens is 222 g/mol. The maximum absolute atomic E-state index is 11.2. The molecule has 1 rings (SSSR count). The lowest BCUT2D eigenvalue weighted by molar-refractivity contribution is -0.115. The Morgan fingerprint density at radius 1 is 1.13 bits per heavy atom. The van der Waals surface area contributed by atoms with Crippen molar-refractivity contribution in [3.8, 4) is 0 Å². The van der Waals surface area contributed by atoms with Gasteiger partial charge in [-0.2, -0.15) is 8.42 Å². The lowest BCUT2D eigenvalue weighted by Gasteiger charge is -2.00. The number of amides is 1. The van der Waals surface area contributed by atoms with Gasteiger partial charge in [-0.25, -0.2) is 4.72 Å². The zero-order chi connectivity index (χ0) is 11.5. The standard InChI is InChI=1S/C8H7NO5S/c10-7(6-4-2-1-3-5-6)8(11)9-15(12,13)14/h1-5H,(H,9,11)(H,12,13,14). The third-order valence-corrected chi connectivity index (χ3v) is 1.91. The molecule has 1 aromatic rings. The van der Waals surface area contributed by atoms with Gasteiger partial charge in [-0.15, -0.1) is 0 Å². The summed E-state index contributed by atoms with van der Waals surface area (Å²) in [6, 6.07) is 7.39. The second kappa shape index (κ2) is 4.20. The zero-order valence-electron chi connectivity index (χ0n) is 7.38. The van der Waals surface area contributed by atoms with Crippen LogP contribution in [-0.2, 0) is 15.1 Å². The molecule has 0 saturated heterocycles. The first-order valence-electron chi connectivity index (χ1n) is 3.79. The summed E-state index contributed by atoms with van der Waals surface area (Å²) in [4.78, 5) is 22.2. The first kappa shape index (κ1) is 11.3. The molecule has 0 saturated carbocycles. The van der Waals surface area contributed by atoms with Crippen LogP contribution in [-0.4, -0.2) is 24.7 Å². The molecule has 80 valence electrons. The van der Waals surface area contributed by atoms with Gasteiger partial charge >= 0.3 is 16.2 Å². The number of ketones is 1. The molecule has 0 aliphatic heterocycles. The number of rotatable bonds is 3. The summed E-state index contributed by atoms with van der Waals surface area (Å²) in [5.74, 6) is -2.43. The lowest BCUT2D eigenvalue weighted by Crippen LogP contribution is -2.35. The van der Waals surface area contributed by atoms with Gasteiger partial charge in [-0.1, -0.05) is 30.3 Å². The van der Waals surface area contributed by atoms with E-state index in [9.17, 15) is 18.0 Å². The number of carbonyl (C=O) groups excluding carboxylic acids is 2. The number of hydrogen-bond acceptors (Lipinski definition) is 4. The Kier molecular flexibility index (Phi) is 3.17. The van der Waals surface area contributed by atoms with Crippen molar-refractivity contribution in [3.63, 3.8) is 0 Å². The number of benzene rings is 1.